The minimum Gasteiger partial charge on any atom is -0.435 e. The third kappa shape index (κ3) is 5.27. The molecular weight excluding hydrogens is 476 g/mol. The maximum Gasteiger partial charge on any atom is 0.387 e. The summed E-state index contributed by atoms with van der Waals surface area (Å²) in [5.41, 5.74) is 2.39. The second-order valence-corrected chi connectivity index (χ2v) is 8.83. The number of thioether (sulfide) groups is 1. The van der Waals surface area contributed by atoms with Crippen molar-refractivity contribution in [3.8, 4) is 22.8 Å². The van der Waals surface area contributed by atoms with Gasteiger partial charge in [-0.15, -0.1) is 10.2 Å². The lowest BCUT2D eigenvalue weighted by atomic mass is 10.2. The zero-order valence-electron chi connectivity index (χ0n) is 18.3. The molecule has 5 rings (SSSR count). The molecule has 180 valence electrons. The van der Waals surface area contributed by atoms with Crippen LogP contribution in [0.25, 0.3) is 17.1 Å². The Kier molecular flexibility index (Phi) is 6.36. The zero-order chi connectivity index (χ0) is 24.4. The fourth-order valence-electron chi connectivity index (χ4n) is 3.50. The molecule has 1 saturated carbocycles. The first-order valence-corrected chi connectivity index (χ1v) is 11.8. The Morgan fingerprint density at radius 3 is 2.57 bits per heavy atom. The number of aromatic nitrogens is 5. The molecule has 1 fully saturated rings. The molecule has 0 spiro atoms. The standard InChI is InChI=1S/C23H21F2N7O2S/c24-22(25)34-17-10-8-15(9-11-17)21-28-29-23(31(21)26)35-13-20(33)27-19-12-18(14-6-7-14)30-32(19)16-4-2-1-3-5-16/h1-5,8-12,14,22H,6-7,13,26H2,(H,27,33). The van der Waals surface area contributed by atoms with Crippen LogP contribution in [0.5, 0.6) is 5.75 Å². The van der Waals surface area contributed by atoms with E-state index in [-0.39, 0.29) is 17.4 Å². The van der Waals surface area contributed by atoms with E-state index in [0.717, 1.165) is 36.0 Å². The van der Waals surface area contributed by atoms with Crippen molar-refractivity contribution in [2.45, 2.75) is 30.5 Å². The molecule has 1 aliphatic rings. The van der Waals surface area contributed by atoms with Crippen LogP contribution in [-0.2, 0) is 4.79 Å². The van der Waals surface area contributed by atoms with Gasteiger partial charge in [0.05, 0.1) is 17.1 Å². The molecule has 0 atom stereocenters. The quantitative estimate of drug-likeness (QED) is 0.265. The Bertz CT molecular complexity index is 1320. The molecule has 4 aromatic rings. The minimum atomic E-state index is -2.90. The number of anilines is 1. The normalized spacial score (nSPS) is 13.2. The Hall–Kier alpha value is -3.93. The molecule has 35 heavy (non-hydrogen) atoms. The van der Waals surface area contributed by atoms with E-state index in [1.165, 1.54) is 16.8 Å². The number of amides is 1. The van der Waals surface area contributed by atoms with Crippen molar-refractivity contribution in [3.05, 3.63) is 66.4 Å². The molecule has 9 nitrogen and oxygen atoms in total. The summed E-state index contributed by atoms with van der Waals surface area (Å²) < 4.78 is 32.0. The molecule has 12 heteroatoms. The van der Waals surface area contributed by atoms with Crippen LogP contribution < -0.4 is 15.9 Å². The first kappa shape index (κ1) is 22.8. The highest BCUT2D eigenvalue weighted by atomic mass is 32.2. The molecular formula is C23H21F2N7O2S. The molecule has 0 aliphatic heterocycles. The van der Waals surface area contributed by atoms with Crippen LogP contribution in [0, 0.1) is 0 Å². The maximum absolute atomic E-state index is 12.7. The number of ether oxygens (including phenoxy) is 1. The number of nitrogens with one attached hydrogen (secondary N) is 1. The second-order valence-electron chi connectivity index (χ2n) is 7.89. The van der Waals surface area contributed by atoms with Gasteiger partial charge in [0.15, 0.2) is 5.82 Å². The second kappa shape index (κ2) is 9.74. The summed E-state index contributed by atoms with van der Waals surface area (Å²) in [7, 11) is 0. The van der Waals surface area contributed by atoms with Crippen molar-refractivity contribution in [1.82, 2.24) is 24.7 Å². The van der Waals surface area contributed by atoms with E-state index in [9.17, 15) is 13.6 Å². The van der Waals surface area contributed by atoms with Crippen LogP contribution in [0.2, 0.25) is 0 Å². The van der Waals surface area contributed by atoms with Gasteiger partial charge in [0.2, 0.25) is 11.1 Å². The molecule has 2 aromatic carbocycles. The highest BCUT2D eigenvalue weighted by Gasteiger charge is 2.28. The Balaban J connectivity index is 1.25. The smallest absolute Gasteiger partial charge is 0.387 e. The summed E-state index contributed by atoms with van der Waals surface area (Å²) in [5, 5.41) is 16.0. The van der Waals surface area contributed by atoms with Gasteiger partial charge in [0.25, 0.3) is 0 Å². The molecule has 3 N–H and O–H groups in total. The lowest BCUT2D eigenvalue weighted by molar-refractivity contribution is -0.113. The summed E-state index contributed by atoms with van der Waals surface area (Å²) in [5.74, 6) is 7.31. The lowest BCUT2D eigenvalue weighted by Crippen LogP contribution is -2.18. The number of hydrogen-bond donors (Lipinski definition) is 2. The number of benzene rings is 2. The van der Waals surface area contributed by atoms with Gasteiger partial charge in [-0.1, -0.05) is 30.0 Å². The highest BCUT2D eigenvalue weighted by Crippen LogP contribution is 2.40. The van der Waals surface area contributed by atoms with Gasteiger partial charge in [-0.2, -0.15) is 13.9 Å². The van der Waals surface area contributed by atoms with Crippen LogP contribution in [0.15, 0.2) is 65.8 Å². The number of halogens is 2. The van der Waals surface area contributed by atoms with E-state index in [0.29, 0.717) is 28.3 Å². The molecule has 0 unspecified atom stereocenters. The van der Waals surface area contributed by atoms with E-state index < -0.39 is 6.61 Å². The number of rotatable bonds is 9. The molecule has 1 amide bonds. The minimum absolute atomic E-state index is 0.0256. The molecule has 0 radical (unpaired) electrons. The summed E-state index contributed by atoms with van der Waals surface area (Å²) in [6.45, 7) is -2.90. The van der Waals surface area contributed by atoms with Crippen LogP contribution >= 0.6 is 11.8 Å². The number of carbonyl (C=O) groups is 1. The SMILES string of the molecule is Nn1c(SCC(=O)Nc2cc(C3CC3)nn2-c2ccccc2)nnc1-c1ccc(OC(F)F)cc1. The van der Waals surface area contributed by atoms with Crippen LogP contribution in [0.1, 0.15) is 24.5 Å². The number of carbonyl (C=O) groups excluding carboxylic acids is 1. The summed E-state index contributed by atoms with van der Waals surface area (Å²) in [4.78, 5) is 12.7. The molecule has 2 aromatic heterocycles. The zero-order valence-corrected chi connectivity index (χ0v) is 19.2. The van der Waals surface area contributed by atoms with Gasteiger partial charge >= 0.3 is 6.61 Å². The molecule has 1 aliphatic carbocycles. The van der Waals surface area contributed by atoms with Crippen molar-refractivity contribution in [3.63, 3.8) is 0 Å². The van der Waals surface area contributed by atoms with Gasteiger partial charge in [-0.25, -0.2) is 9.36 Å². The van der Waals surface area contributed by atoms with E-state index in [1.54, 1.807) is 16.8 Å². The Morgan fingerprint density at radius 2 is 1.89 bits per heavy atom. The predicted octanol–water partition coefficient (Wildman–Crippen LogP) is 4.05. The van der Waals surface area contributed by atoms with Gasteiger partial charge in [0.1, 0.15) is 11.6 Å². The van der Waals surface area contributed by atoms with Crippen molar-refractivity contribution < 1.29 is 18.3 Å². The fraction of sp³-hybridized carbons (Fsp3) is 0.217. The van der Waals surface area contributed by atoms with Crippen LogP contribution in [0.3, 0.4) is 0 Å². The number of nitrogens with two attached hydrogens (primary N) is 1. The van der Waals surface area contributed by atoms with Gasteiger partial charge in [-0.05, 0) is 49.2 Å². The third-order valence-electron chi connectivity index (χ3n) is 5.33. The molecule has 0 bridgehead atoms. The summed E-state index contributed by atoms with van der Waals surface area (Å²) >= 11 is 1.13. The third-order valence-corrected chi connectivity index (χ3v) is 6.27. The summed E-state index contributed by atoms with van der Waals surface area (Å²) in [6.07, 6.45) is 2.21. The number of alkyl halides is 2. The molecule has 2 heterocycles. The first-order valence-electron chi connectivity index (χ1n) is 10.8. The van der Waals surface area contributed by atoms with E-state index in [1.807, 2.05) is 36.4 Å². The topological polar surface area (TPSA) is 113 Å². The number of nitrogens with zero attached hydrogens (tertiary/aromatic N) is 5. The monoisotopic (exact) mass is 497 g/mol. The largest absolute Gasteiger partial charge is 0.435 e. The highest BCUT2D eigenvalue weighted by molar-refractivity contribution is 7.99. The van der Waals surface area contributed by atoms with Crippen molar-refractivity contribution in [1.29, 1.82) is 0 Å². The lowest BCUT2D eigenvalue weighted by Gasteiger charge is -2.09. The van der Waals surface area contributed by atoms with E-state index in [4.69, 9.17) is 5.84 Å². The van der Waals surface area contributed by atoms with Crippen molar-refractivity contribution in [2.75, 3.05) is 16.9 Å². The van der Waals surface area contributed by atoms with E-state index in [2.05, 4.69) is 25.3 Å². The Morgan fingerprint density at radius 1 is 1.14 bits per heavy atom. The maximum atomic E-state index is 12.7. The number of hydrogen-bond acceptors (Lipinski definition) is 7. The van der Waals surface area contributed by atoms with Crippen molar-refractivity contribution in [2.24, 2.45) is 0 Å². The van der Waals surface area contributed by atoms with E-state index >= 15 is 0 Å². The average molecular weight is 498 g/mol. The van der Waals surface area contributed by atoms with Gasteiger partial charge < -0.3 is 15.9 Å². The van der Waals surface area contributed by atoms with Gasteiger partial charge in [0, 0.05) is 17.5 Å². The number of para-hydroxylation sites is 1. The average Bonchev–Trinajstić information content (AvgIpc) is 3.52. The first-order chi connectivity index (χ1) is 17.0. The van der Waals surface area contributed by atoms with Gasteiger partial charge in [-0.3, -0.25) is 4.79 Å². The number of nitrogen functional groups attached to an aromatic ring is 1. The predicted molar refractivity (Wildman–Crippen MR) is 127 cm³/mol. The van der Waals surface area contributed by atoms with Crippen molar-refractivity contribution >= 4 is 23.5 Å². The van der Waals surface area contributed by atoms with Crippen LogP contribution in [0.4, 0.5) is 14.6 Å². The fourth-order valence-corrected chi connectivity index (χ4v) is 4.16. The molecule has 0 saturated heterocycles. The Labute approximate surface area is 203 Å². The summed E-state index contributed by atoms with van der Waals surface area (Å²) in [6, 6.07) is 17.4. The van der Waals surface area contributed by atoms with Crippen LogP contribution in [-0.4, -0.2) is 42.9 Å².